The van der Waals surface area contributed by atoms with Gasteiger partial charge in [0.05, 0.1) is 6.61 Å². The second-order valence-electron chi connectivity index (χ2n) is 4.96. The van der Waals surface area contributed by atoms with Crippen molar-refractivity contribution in [2.75, 3.05) is 13.2 Å². The first kappa shape index (κ1) is 17.2. The van der Waals surface area contributed by atoms with Crippen LogP contribution < -0.4 is 0 Å². The number of hydrogen-bond acceptors (Lipinski definition) is 7. The van der Waals surface area contributed by atoms with E-state index in [4.69, 9.17) is 4.84 Å². The van der Waals surface area contributed by atoms with Gasteiger partial charge in [-0.2, -0.15) is 13.5 Å². The predicted octanol–water partition coefficient (Wildman–Crippen LogP) is -1.36. The molecule has 1 saturated heterocycles. The van der Waals surface area contributed by atoms with Crippen LogP contribution >= 0.6 is 0 Å². The first-order chi connectivity index (χ1) is 10.7. The Morgan fingerprint density at radius 3 is 2.09 bits per heavy atom. The van der Waals surface area contributed by atoms with E-state index < -0.39 is 45.6 Å². The van der Waals surface area contributed by atoms with E-state index in [1.165, 1.54) is 0 Å². The molecule has 126 valence electrons. The number of nitrogens with zero attached hydrogens (tertiary/aromatic N) is 2. The lowest BCUT2D eigenvalue weighted by Gasteiger charge is -2.20. The molecule has 0 aromatic carbocycles. The Hall–Kier alpha value is -2.11. The van der Waals surface area contributed by atoms with Gasteiger partial charge in [0, 0.05) is 31.5 Å². The van der Waals surface area contributed by atoms with E-state index in [2.05, 4.69) is 0 Å². The van der Waals surface area contributed by atoms with E-state index in [1.807, 2.05) is 0 Å². The average molecular weight is 346 g/mol. The SMILES string of the molecule is O=C1C=CC(=O)N1CC[C@@H](CON1C(=O)CCC1=O)S(=O)(=O)O. The lowest BCUT2D eigenvalue weighted by atomic mass is 10.3. The highest BCUT2D eigenvalue weighted by molar-refractivity contribution is 7.86. The minimum Gasteiger partial charge on any atom is -0.285 e. The number of hydroxylamine groups is 2. The monoisotopic (exact) mass is 346 g/mol. The third-order valence-electron chi connectivity index (χ3n) is 3.39. The number of amides is 4. The van der Waals surface area contributed by atoms with Crippen molar-refractivity contribution in [3.63, 3.8) is 0 Å². The maximum atomic E-state index is 11.4. The summed E-state index contributed by atoms with van der Waals surface area (Å²) in [6.45, 7) is -0.902. The highest BCUT2D eigenvalue weighted by atomic mass is 32.2. The first-order valence-electron chi connectivity index (χ1n) is 6.68. The molecule has 11 heteroatoms. The molecule has 0 spiro atoms. The van der Waals surface area contributed by atoms with E-state index in [9.17, 15) is 32.1 Å². The fraction of sp³-hybridized carbons (Fsp3) is 0.500. The van der Waals surface area contributed by atoms with Crippen molar-refractivity contribution in [3.05, 3.63) is 12.2 Å². The molecule has 0 aliphatic carbocycles. The van der Waals surface area contributed by atoms with E-state index in [-0.39, 0.29) is 25.8 Å². The summed E-state index contributed by atoms with van der Waals surface area (Å²) in [5, 5.41) is -1.03. The summed E-state index contributed by atoms with van der Waals surface area (Å²) >= 11 is 0. The number of carbonyl (C=O) groups excluding carboxylic acids is 4. The molecule has 0 radical (unpaired) electrons. The van der Waals surface area contributed by atoms with Crippen LogP contribution in [0.4, 0.5) is 0 Å². The molecule has 2 aliphatic rings. The number of carbonyl (C=O) groups is 4. The molecule has 2 heterocycles. The van der Waals surface area contributed by atoms with Gasteiger partial charge in [-0.25, -0.2) is 0 Å². The maximum absolute atomic E-state index is 11.4. The van der Waals surface area contributed by atoms with Crippen LogP contribution in [0, 0.1) is 0 Å². The Labute approximate surface area is 131 Å². The number of rotatable bonds is 7. The number of hydrogen-bond donors (Lipinski definition) is 1. The van der Waals surface area contributed by atoms with Crippen molar-refractivity contribution >= 4 is 33.7 Å². The van der Waals surface area contributed by atoms with Crippen LogP contribution in [0.2, 0.25) is 0 Å². The van der Waals surface area contributed by atoms with Crippen LogP contribution in [0.5, 0.6) is 0 Å². The Morgan fingerprint density at radius 2 is 1.61 bits per heavy atom. The highest BCUT2D eigenvalue weighted by Gasteiger charge is 2.34. The summed E-state index contributed by atoms with van der Waals surface area (Å²) in [7, 11) is -4.56. The van der Waals surface area contributed by atoms with E-state index >= 15 is 0 Å². The first-order valence-corrected chi connectivity index (χ1v) is 8.19. The summed E-state index contributed by atoms with van der Waals surface area (Å²) in [5.41, 5.74) is 0. The van der Waals surface area contributed by atoms with E-state index in [0.717, 1.165) is 17.1 Å². The van der Waals surface area contributed by atoms with Crippen molar-refractivity contribution in [3.8, 4) is 0 Å². The van der Waals surface area contributed by atoms with Crippen LogP contribution in [0.15, 0.2) is 12.2 Å². The number of imide groups is 2. The molecule has 10 nitrogen and oxygen atoms in total. The van der Waals surface area contributed by atoms with Gasteiger partial charge in [0.1, 0.15) is 5.25 Å². The fourth-order valence-corrected chi connectivity index (χ4v) is 2.74. The molecular weight excluding hydrogens is 332 g/mol. The molecule has 23 heavy (non-hydrogen) atoms. The Bertz CT molecular complexity index is 643. The van der Waals surface area contributed by atoms with Gasteiger partial charge < -0.3 is 0 Å². The molecule has 1 atom stereocenters. The molecule has 2 rings (SSSR count). The molecular formula is C12H14N2O8S. The Balaban J connectivity index is 1.95. The summed E-state index contributed by atoms with van der Waals surface area (Å²) in [6, 6.07) is 0. The van der Waals surface area contributed by atoms with Crippen LogP contribution in [0.3, 0.4) is 0 Å². The standard InChI is InChI=1S/C12H14N2O8S/c15-9-1-2-10(16)13(9)6-5-8(23(19,20)21)7-22-14-11(17)3-4-12(14)18/h1-2,8H,3-7H2,(H,19,20,21)/t8-/m0/s1. The van der Waals surface area contributed by atoms with Gasteiger partial charge in [-0.1, -0.05) is 0 Å². The zero-order valence-electron chi connectivity index (χ0n) is 11.9. The zero-order valence-corrected chi connectivity index (χ0v) is 12.7. The molecule has 0 bridgehead atoms. The smallest absolute Gasteiger partial charge is 0.270 e. The van der Waals surface area contributed by atoms with Crippen molar-refractivity contribution in [1.29, 1.82) is 0 Å². The second-order valence-corrected chi connectivity index (χ2v) is 6.66. The molecule has 2 aliphatic heterocycles. The molecule has 0 aromatic rings. The van der Waals surface area contributed by atoms with E-state index in [1.54, 1.807) is 0 Å². The van der Waals surface area contributed by atoms with Crippen LogP contribution in [-0.2, 0) is 34.1 Å². The van der Waals surface area contributed by atoms with Crippen molar-refractivity contribution in [1.82, 2.24) is 9.96 Å². The highest BCUT2D eigenvalue weighted by Crippen LogP contribution is 2.15. The third-order valence-corrected chi connectivity index (χ3v) is 4.61. The van der Waals surface area contributed by atoms with Gasteiger partial charge >= 0.3 is 0 Å². The van der Waals surface area contributed by atoms with Crippen molar-refractivity contribution in [2.45, 2.75) is 24.5 Å². The van der Waals surface area contributed by atoms with Crippen LogP contribution in [-0.4, -0.2) is 65.0 Å². The normalized spacial score (nSPS) is 20.0. The topological polar surface area (TPSA) is 138 Å². The molecule has 1 N–H and O–H groups in total. The van der Waals surface area contributed by atoms with Gasteiger partial charge in [0.15, 0.2) is 0 Å². The summed E-state index contributed by atoms with van der Waals surface area (Å²) < 4.78 is 31.9. The third kappa shape index (κ3) is 4.00. The lowest BCUT2D eigenvalue weighted by Crippen LogP contribution is -2.38. The average Bonchev–Trinajstić information content (AvgIpc) is 2.94. The lowest BCUT2D eigenvalue weighted by molar-refractivity contribution is -0.187. The van der Waals surface area contributed by atoms with Gasteiger partial charge in [0.2, 0.25) is 0 Å². The van der Waals surface area contributed by atoms with Gasteiger partial charge in [-0.3, -0.25) is 33.5 Å². The largest absolute Gasteiger partial charge is 0.285 e. The van der Waals surface area contributed by atoms with Crippen LogP contribution in [0.1, 0.15) is 19.3 Å². The minimum absolute atomic E-state index is 0.0299. The molecule has 1 fully saturated rings. The molecule has 0 unspecified atom stereocenters. The molecule has 4 amide bonds. The zero-order chi connectivity index (χ0) is 17.2. The summed E-state index contributed by atoms with van der Waals surface area (Å²) in [4.78, 5) is 51.2. The van der Waals surface area contributed by atoms with Crippen molar-refractivity contribution in [2.24, 2.45) is 0 Å². The van der Waals surface area contributed by atoms with Gasteiger partial charge in [-0.05, 0) is 6.42 Å². The van der Waals surface area contributed by atoms with Crippen molar-refractivity contribution < 1.29 is 37.0 Å². The van der Waals surface area contributed by atoms with Gasteiger partial charge in [-0.15, -0.1) is 0 Å². The minimum atomic E-state index is -4.56. The molecule has 0 aromatic heterocycles. The molecule has 0 saturated carbocycles. The quantitative estimate of drug-likeness (QED) is 0.440. The van der Waals surface area contributed by atoms with Gasteiger partial charge in [0.25, 0.3) is 33.7 Å². The fourth-order valence-electron chi connectivity index (χ4n) is 2.10. The van der Waals surface area contributed by atoms with E-state index in [0.29, 0.717) is 5.06 Å². The summed E-state index contributed by atoms with van der Waals surface area (Å²) in [6.07, 6.45) is 1.73. The predicted molar refractivity (Wildman–Crippen MR) is 72.9 cm³/mol. The van der Waals surface area contributed by atoms with Crippen LogP contribution in [0.25, 0.3) is 0 Å². The summed E-state index contributed by atoms with van der Waals surface area (Å²) in [5.74, 6) is -2.37. The Morgan fingerprint density at radius 1 is 1.09 bits per heavy atom. The Kier molecular flexibility index (Phi) is 4.92. The second kappa shape index (κ2) is 6.56. The maximum Gasteiger partial charge on any atom is 0.270 e.